The van der Waals surface area contributed by atoms with Gasteiger partial charge in [-0.2, -0.15) is 0 Å². The van der Waals surface area contributed by atoms with Gasteiger partial charge in [0.1, 0.15) is 0 Å². The molecule has 0 fully saturated rings. The first kappa shape index (κ1) is 27.0. The standard InChI is InChI=1S/C39H29N5/c1-26-22-27(2)41-36(40-26)32-20-18-29(19-21-32)34-23-33(28-12-6-3-7-13-28)24-35(25-34)39-43-37(30-14-8-4-9-15-30)42-38(44-39)31-16-10-5-11-17-31/h3-25H,1-2H3. The minimum absolute atomic E-state index is 0.622. The lowest BCUT2D eigenvalue weighted by Crippen LogP contribution is -2.00. The second-order valence-corrected chi connectivity index (χ2v) is 10.8. The third kappa shape index (κ3) is 5.76. The molecule has 5 aromatic carbocycles. The van der Waals surface area contributed by atoms with Crippen molar-refractivity contribution >= 4 is 0 Å². The molecule has 0 radical (unpaired) electrons. The lowest BCUT2D eigenvalue weighted by atomic mass is 9.95. The van der Waals surface area contributed by atoms with E-state index in [-0.39, 0.29) is 0 Å². The van der Waals surface area contributed by atoms with Crippen molar-refractivity contribution < 1.29 is 0 Å². The molecule has 0 aliphatic rings. The van der Waals surface area contributed by atoms with Crippen LogP contribution in [0.3, 0.4) is 0 Å². The number of hydrogen-bond donors (Lipinski definition) is 0. The van der Waals surface area contributed by atoms with Gasteiger partial charge in [-0.25, -0.2) is 24.9 Å². The fourth-order valence-electron chi connectivity index (χ4n) is 5.33. The lowest BCUT2D eigenvalue weighted by Gasteiger charge is -2.13. The van der Waals surface area contributed by atoms with Gasteiger partial charge < -0.3 is 0 Å². The molecule has 0 saturated carbocycles. The van der Waals surface area contributed by atoms with Crippen LogP contribution < -0.4 is 0 Å². The van der Waals surface area contributed by atoms with Crippen LogP contribution in [0.25, 0.3) is 67.8 Å². The first-order valence-corrected chi connectivity index (χ1v) is 14.6. The van der Waals surface area contributed by atoms with Gasteiger partial charge in [-0.05, 0) is 60.4 Å². The summed E-state index contributed by atoms with van der Waals surface area (Å²) in [6.45, 7) is 3.99. The Morgan fingerprint density at radius 3 is 1.07 bits per heavy atom. The lowest BCUT2D eigenvalue weighted by molar-refractivity contribution is 1.06. The molecule has 0 saturated heterocycles. The minimum Gasteiger partial charge on any atom is -0.233 e. The molecule has 0 unspecified atom stereocenters. The second-order valence-electron chi connectivity index (χ2n) is 10.8. The Labute approximate surface area is 257 Å². The van der Waals surface area contributed by atoms with Crippen molar-refractivity contribution in [1.82, 2.24) is 24.9 Å². The first-order chi connectivity index (χ1) is 21.6. The van der Waals surface area contributed by atoms with E-state index in [2.05, 4.69) is 76.7 Å². The van der Waals surface area contributed by atoms with Gasteiger partial charge in [0.25, 0.3) is 0 Å². The Morgan fingerprint density at radius 2 is 0.591 bits per heavy atom. The SMILES string of the molecule is Cc1cc(C)nc(-c2ccc(-c3cc(-c4ccccc4)cc(-c4nc(-c5ccccc5)nc(-c5ccccc5)n4)c3)cc2)n1. The van der Waals surface area contributed by atoms with E-state index in [0.717, 1.165) is 61.7 Å². The molecule has 0 aliphatic heterocycles. The van der Waals surface area contributed by atoms with Crippen LogP contribution in [0.4, 0.5) is 0 Å². The van der Waals surface area contributed by atoms with Crippen LogP contribution in [-0.2, 0) is 0 Å². The summed E-state index contributed by atoms with van der Waals surface area (Å²) in [7, 11) is 0. The van der Waals surface area contributed by atoms with Gasteiger partial charge in [0, 0.05) is 33.6 Å². The van der Waals surface area contributed by atoms with Crippen molar-refractivity contribution in [3.63, 3.8) is 0 Å². The maximum absolute atomic E-state index is 5.00. The summed E-state index contributed by atoms with van der Waals surface area (Å²) < 4.78 is 0. The summed E-state index contributed by atoms with van der Waals surface area (Å²) >= 11 is 0. The highest BCUT2D eigenvalue weighted by Crippen LogP contribution is 2.34. The number of rotatable bonds is 6. The molecule has 210 valence electrons. The van der Waals surface area contributed by atoms with E-state index in [1.165, 1.54) is 0 Å². The van der Waals surface area contributed by atoms with Crippen molar-refractivity contribution in [1.29, 1.82) is 0 Å². The molecular formula is C39H29N5. The maximum Gasteiger partial charge on any atom is 0.164 e. The Balaban J connectivity index is 1.38. The zero-order valence-corrected chi connectivity index (χ0v) is 24.5. The molecule has 0 atom stereocenters. The van der Waals surface area contributed by atoms with Crippen molar-refractivity contribution in [2.45, 2.75) is 13.8 Å². The molecule has 7 rings (SSSR count). The third-order valence-corrected chi connectivity index (χ3v) is 7.46. The minimum atomic E-state index is 0.622. The molecule has 5 heteroatoms. The normalized spacial score (nSPS) is 11.0. The predicted octanol–water partition coefficient (Wildman–Crippen LogP) is 9.28. The summed E-state index contributed by atoms with van der Waals surface area (Å²) in [5, 5.41) is 0. The molecule has 0 aliphatic carbocycles. The Bertz CT molecular complexity index is 1980. The largest absolute Gasteiger partial charge is 0.233 e. The average molecular weight is 568 g/mol. The van der Waals surface area contributed by atoms with Crippen LogP contribution in [0.1, 0.15) is 11.4 Å². The highest BCUT2D eigenvalue weighted by atomic mass is 15.0. The maximum atomic E-state index is 5.00. The van der Waals surface area contributed by atoms with Crippen LogP contribution in [0, 0.1) is 13.8 Å². The molecule has 0 bridgehead atoms. The van der Waals surface area contributed by atoms with E-state index in [1.807, 2.05) is 86.6 Å². The van der Waals surface area contributed by atoms with Crippen molar-refractivity contribution in [3.05, 3.63) is 151 Å². The Hall–Kier alpha value is -5.81. The van der Waals surface area contributed by atoms with Gasteiger partial charge in [-0.1, -0.05) is 115 Å². The molecule has 0 N–H and O–H groups in total. The van der Waals surface area contributed by atoms with E-state index in [1.54, 1.807) is 0 Å². The molecule has 5 nitrogen and oxygen atoms in total. The van der Waals surface area contributed by atoms with Gasteiger partial charge in [0.2, 0.25) is 0 Å². The number of nitrogens with zero attached hydrogens (tertiary/aromatic N) is 5. The van der Waals surface area contributed by atoms with Gasteiger partial charge in [0.15, 0.2) is 23.3 Å². The molecule has 2 heterocycles. The molecular weight excluding hydrogens is 538 g/mol. The Kier molecular flexibility index (Phi) is 7.27. The number of aromatic nitrogens is 5. The molecule has 0 amide bonds. The van der Waals surface area contributed by atoms with Crippen LogP contribution >= 0.6 is 0 Å². The van der Waals surface area contributed by atoms with E-state index in [4.69, 9.17) is 15.0 Å². The smallest absolute Gasteiger partial charge is 0.164 e. The van der Waals surface area contributed by atoms with Crippen LogP contribution in [0.15, 0.2) is 140 Å². The quantitative estimate of drug-likeness (QED) is 0.200. The zero-order valence-electron chi connectivity index (χ0n) is 24.5. The number of hydrogen-bond acceptors (Lipinski definition) is 5. The van der Waals surface area contributed by atoms with E-state index in [0.29, 0.717) is 17.5 Å². The van der Waals surface area contributed by atoms with Crippen molar-refractivity contribution in [2.24, 2.45) is 0 Å². The predicted molar refractivity (Wildman–Crippen MR) is 178 cm³/mol. The van der Waals surface area contributed by atoms with Gasteiger partial charge in [0.05, 0.1) is 0 Å². The fraction of sp³-hybridized carbons (Fsp3) is 0.0513. The average Bonchev–Trinajstić information content (AvgIpc) is 3.09. The van der Waals surface area contributed by atoms with E-state index < -0.39 is 0 Å². The summed E-state index contributed by atoms with van der Waals surface area (Å²) in [4.78, 5) is 24.2. The summed E-state index contributed by atoms with van der Waals surface area (Å²) in [6, 6.07) is 47.5. The van der Waals surface area contributed by atoms with Crippen molar-refractivity contribution in [2.75, 3.05) is 0 Å². The van der Waals surface area contributed by atoms with Gasteiger partial charge >= 0.3 is 0 Å². The molecule has 7 aromatic rings. The first-order valence-electron chi connectivity index (χ1n) is 14.6. The molecule has 2 aromatic heterocycles. The second kappa shape index (κ2) is 11.8. The summed E-state index contributed by atoms with van der Waals surface area (Å²) in [5.41, 5.74) is 10.1. The third-order valence-electron chi connectivity index (χ3n) is 7.46. The summed E-state index contributed by atoms with van der Waals surface area (Å²) in [6.07, 6.45) is 0. The molecule has 44 heavy (non-hydrogen) atoms. The van der Waals surface area contributed by atoms with Gasteiger partial charge in [-0.3, -0.25) is 0 Å². The molecule has 0 spiro atoms. The van der Waals surface area contributed by atoms with Crippen LogP contribution in [0.2, 0.25) is 0 Å². The summed E-state index contributed by atoms with van der Waals surface area (Å²) in [5.74, 6) is 2.63. The fourth-order valence-corrected chi connectivity index (χ4v) is 5.33. The monoisotopic (exact) mass is 567 g/mol. The topological polar surface area (TPSA) is 64.5 Å². The van der Waals surface area contributed by atoms with E-state index in [9.17, 15) is 0 Å². The highest BCUT2D eigenvalue weighted by molar-refractivity contribution is 5.81. The van der Waals surface area contributed by atoms with Crippen LogP contribution in [-0.4, -0.2) is 24.9 Å². The zero-order chi connectivity index (χ0) is 29.9. The Morgan fingerprint density at radius 1 is 0.273 bits per heavy atom. The van der Waals surface area contributed by atoms with Crippen LogP contribution in [0.5, 0.6) is 0 Å². The number of aryl methyl sites for hydroxylation is 2. The highest BCUT2D eigenvalue weighted by Gasteiger charge is 2.15. The number of benzene rings is 5. The van der Waals surface area contributed by atoms with Gasteiger partial charge in [-0.15, -0.1) is 0 Å². The van der Waals surface area contributed by atoms with Crippen molar-refractivity contribution in [3.8, 4) is 67.8 Å². The van der Waals surface area contributed by atoms with E-state index >= 15 is 0 Å².